The number of ether oxygens (including phenoxy) is 1. The number of nitrogens with two attached hydrogens (primary N) is 1. The largest absolute Gasteiger partial charge is 0.378 e. The molecular formula is C13H16N6O2S. The van der Waals surface area contributed by atoms with E-state index < -0.39 is 0 Å². The van der Waals surface area contributed by atoms with Gasteiger partial charge >= 0.3 is 0 Å². The molecule has 8 nitrogen and oxygen atoms in total. The van der Waals surface area contributed by atoms with Gasteiger partial charge in [-0.1, -0.05) is 0 Å². The maximum Gasteiger partial charge on any atom is 0.272 e. The highest BCUT2D eigenvalue weighted by molar-refractivity contribution is 7.15. The summed E-state index contributed by atoms with van der Waals surface area (Å²) in [5.41, 5.74) is 5.98. The highest BCUT2D eigenvalue weighted by Crippen LogP contribution is 2.21. The zero-order valence-electron chi connectivity index (χ0n) is 12.1. The van der Waals surface area contributed by atoms with Crippen LogP contribution in [0.1, 0.15) is 15.4 Å². The highest BCUT2D eigenvalue weighted by atomic mass is 32.1. The molecule has 0 saturated carbocycles. The van der Waals surface area contributed by atoms with Crippen molar-refractivity contribution < 1.29 is 9.53 Å². The number of nitrogen functional groups attached to an aromatic ring is 1. The number of aromatic nitrogens is 3. The summed E-state index contributed by atoms with van der Waals surface area (Å²) in [5, 5.41) is 3.74. The molecule has 2 aromatic heterocycles. The molecule has 0 unspecified atom stereocenters. The third-order valence-electron chi connectivity index (χ3n) is 3.12. The van der Waals surface area contributed by atoms with Crippen LogP contribution in [0.5, 0.6) is 0 Å². The lowest BCUT2D eigenvalue weighted by molar-refractivity contribution is 0.0299. The molecule has 1 fully saturated rings. The number of nitrogens with zero attached hydrogens (tertiary/aromatic N) is 4. The summed E-state index contributed by atoms with van der Waals surface area (Å²) in [6.07, 6.45) is 1.76. The molecule has 0 atom stereocenters. The number of hydrogen-bond donors (Lipinski definition) is 2. The Morgan fingerprint density at radius 1 is 1.41 bits per heavy atom. The molecule has 0 aromatic carbocycles. The summed E-state index contributed by atoms with van der Waals surface area (Å²) in [5.74, 6) is 0.337. The molecule has 0 aliphatic carbocycles. The number of rotatable bonds is 3. The average Bonchev–Trinajstić information content (AvgIpc) is 2.92. The second kappa shape index (κ2) is 6.24. The lowest BCUT2D eigenvalue weighted by atomic mass is 10.3. The number of aryl methyl sites for hydroxylation is 1. The Kier molecular flexibility index (Phi) is 4.16. The predicted molar refractivity (Wildman–Crippen MR) is 83.3 cm³/mol. The number of hydrogen-bond acceptors (Lipinski definition) is 8. The molecule has 22 heavy (non-hydrogen) atoms. The Hall–Kier alpha value is -2.26. The Morgan fingerprint density at radius 3 is 2.86 bits per heavy atom. The van der Waals surface area contributed by atoms with Gasteiger partial charge < -0.3 is 20.7 Å². The van der Waals surface area contributed by atoms with E-state index >= 15 is 0 Å². The average molecular weight is 320 g/mol. The fraction of sp³-hybridized carbons (Fsp3) is 0.385. The quantitative estimate of drug-likeness (QED) is 0.870. The predicted octanol–water partition coefficient (Wildman–Crippen LogP) is 1.04. The number of nitrogens with one attached hydrogen (secondary N) is 1. The number of thiazole rings is 1. The summed E-state index contributed by atoms with van der Waals surface area (Å²) >= 11 is 1.50. The molecule has 2 aromatic rings. The normalized spacial score (nSPS) is 14.9. The molecule has 3 heterocycles. The van der Waals surface area contributed by atoms with Crippen molar-refractivity contribution in [1.29, 1.82) is 0 Å². The second-order valence-electron chi connectivity index (χ2n) is 4.80. The molecule has 9 heteroatoms. The lowest BCUT2D eigenvalue weighted by Crippen LogP contribution is -2.41. The van der Waals surface area contributed by atoms with E-state index in [4.69, 9.17) is 10.5 Å². The Bertz CT molecular complexity index is 683. The standard InChI is InChI=1S/C13H16N6O2S/c1-8-7-15-13(22-8)18-10-6-9(16-12(14)17-10)11(20)19-2-4-21-5-3-19/h6-7H,2-5H2,1H3,(H3,14,15,16,17,18). The molecule has 1 saturated heterocycles. The van der Waals surface area contributed by atoms with Gasteiger partial charge in [-0.25, -0.2) is 9.97 Å². The first-order chi connectivity index (χ1) is 10.6. The number of morpholine rings is 1. The van der Waals surface area contributed by atoms with E-state index in [0.717, 1.165) is 4.88 Å². The summed E-state index contributed by atoms with van der Waals surface area (Å²) in [4.78, 5) is 27.5. The molecule has 3 rings (SSSR count). The molecule has 1 aliphatic rings. The van der Waals surface area contributed by atoms with E-state index in [1.165, 1.54) is 11.3 Å². The van der Waals surface area contributed by atoms with Crippen molar-refractivity contribution in [3.05, 3.63) is 22.8 Å². The summed E-state index contributed by atoms with van der Waals surface area (Å²) in [6.45, 7) is 4.14. The maximum atomic E-state index is 12.4. The van der Waals surface area contributed by atoms with Gasteiger partial charge in [-0.2, -0.15) is 4.98 Å². The summed E-state index contributed by atoms with van der Waals surface area (Å²) < 4.78 is 5.24. The number of carbonyl (C=O) groups excluding carboxylic acids is 1. The van der Waals surface area contributed by atoms with Crippen molar-refractivity contribution in [3.63, 3.8) is 0 Å². The fourth-order valence-corrected chi connectivity index (χ4v) is 2.76. The van der Waals surface area contributed by atoms with Gasteiger partial charge in [0.05, 0.1) is 13.2 Å². The summed E-state index contributed by atoms with van der Waals surface area (Å²) in [6, 6.07) is 1.59. The van der Waals surface area contributed by atoms with Crippen LogP contribution in [0, 0.1) is 6.92 Å². The van der Waals surface area contributed by atoms with E-state index in [1.54, 1.807) is 17.2 Å². The summed E-state index contributed by atoms with van der Waals surface area (Å²) in [7, 11) is 0. The third kappa shape index (κ3) is 3.31. The van der Waals surface area contributed by atoms with Crippen molar-refractivity contribution in [2.24, 2.45) is 0 Å². The zero-order chi connectivity index (χ0) is 15.5. The minimum absolute atomic E-state index is 0.0508. The molecule has 1 amide bonds. The fourth-order valence-electron chi connectivity index (χ4n) is 2.09. The second-order valence-corrected chi connectivity index (χ2v) is 6.04. The van der Waals surface area contributed by atoms with Gasteiger partial charge in [0.2, 0.25) is 5.95 Å². The Balaban J connectivity index is 1.81. The van der Waals surface area contributed by atoms with Gasteiger partial charge in [-0.15, -0.1) is 11.3 Å². The molecule has 0 radical (unpaired) electrons. The first kappa shape index (κ1) is 14.7. The van der Waals surface area contributed by atoms with Gasteiger partial charge in [0.25, 0.3) is 5.91 Å². The molecule has 1 aliphatic heterocycles. The van der Waals surface area contributed by atoms with Gasteiger partial charge in [0.15, 0.2) is 5.13 Å². The van der Waals surface area contributed by atoms with E-state index in [2.05, 4.69) is 20.3 Å². The van der Waals surface area contributed by atoms with Gasteiger partial charge in [0.1, 0.15) is 11.5 Å². The van der Waals surface area contributed by atoms with Gasteiger partial charge in [-0.05, 0) is 6.92 Å². The van der Waals surface area contributed by atoms with Crippen LogP contribution < -0.4 is 11.1 Å². The highest BCUT2D eigenvalue weighted by Gasteiger charge is 2.21. The molecule has 0 spiro atoms. The first-order valence-electron chi connectivity index (χ1n) is 6.83. The van der Waals surface area contributed by atoms with E-state index in [0.29, 0.717) is 37.3 Å². The smallest absolute Gasteiger partial charge is 0.272 e. The van der Waals surface area contributed by atoms with Crippen LogP contribution in [0.2, 0.25) is 0 Å². The van der Waals surface area contributed by atoms with Gasteiger partial charge in [0, 0.05) is 30.2 Å². The van der Waals surface area contributed by atoms with E-state index in [9.17, 15) is 4.79 Å². The number of carbonyl (C=O) groups is 1. The topological polar surface area (TPSA) is 106 Å². The van der Waals surface area contributed by atoms with Crippen LogP contribution in [-0.2, 0) is 4.74 Å². The van der Waals surface area contributed by atoms with Crippen LogP contribution in [0.3, 0.4) is 0 Å². The van der Waals surface area contributed by atoms with Crippen LogP contribution in [0.15, 0.2) is 12.3 Å². The van der Waals surface area contributed by atoms with Crippen LogP contribution in [0.4, 0.5) is 16.9 Å². The van der Waals surface area contributed by atoms with Crippen LogP contribution in [-0.4, -0.2) is 52.1 Å². The van der Waals surface area contributed by atoms with Crippen molar-refractivity contribution in [2.75, 3.05) is 37.4 Å². The van der Waals surface area contributed by atoms with Crippen molar-refractivity contribution >= 4 is 34.1 Å². The van der Waals surface area contributed by atoms with Crippen LogP contribution in [0.25, 0.3) is 0 Å². The monoisotopic (exact) mass is 320 g/mol. The molecule has 116 valence electrons. The number of amides is 1. The first-order valence-corrected chi connectivity index (χ1v) is 7.64. The zero-order valence-corrected chi connectivity index (χ0v) is 12.9. The van der Waals surface area contributed by atoms with Crippen molar-refractivity contribution in [2.45, 2.75) is 6.92 Å². The third-order valence-corrected chi connectivity index (χ3v) is 3.95. The lowest BCUT2D eigenvalue weighted by Gasteiger charge is -2.26. The van der Waals surface area contributed by atoms with E-state index in [-0.39, 0.29) is 17.5 Å². The van der Waals surface area contributed by atoms with E-state index in [1.807, 2.05) is 6.92 Å². The molecule has 0 bridgehead atoms. The molecule has 3 N–H and O–H groups in total. The molecular weight excluding hydrogens is 304 g/mol. The van der Waals surface area contributed by atoms with Gasteiger partial charge in [-0.3, -0.25) is 4.79 Å². The number of anilines is 3. The van der Waals surface area contributed by atoms with Crippen molar-refractivity contribution in [3.8, 4) is 0 Å². The Morgan fingerprint density at radius 2 is 2.18 bits per heavy atom. The Labute approximate surface area is 131 Å². The maximum absolute atomic E-state index is 12.4. The minimum Gasteiger partial charge on any atom is -0.378 e. The van der Waals surface area contributed by atoms with Crippen molar-refractivity contribution in [1.82, 2.24) is 19.9 Å². The SMILES string of the molecule is Cc1cnc(Nc2cc(C(=O)N3CCOCC3)nc(N)n2)s1. The minimum atomic E-state index is -0.171. The van der Waals surface area contributed by atoms with Crippen LogP contribution >= 0.6 is 11.3 Å².